The molecule has 4 bridgehead atoms. The van der Waals surface area contributed by atoms with Crippen LogP contribution < -0.4 is 15.0 Å². The number of carbonyl (C=O) groups excluding carboxylic acids is 4. The van der Waals surface area contributed by atoms with E-state index in [0.29, 0.717) is 15.7 Å². The molecular weight excluding hydrogens is 600 g/mol. The van der Waals surface area contributed by atoms with Crippen molar-refractivity contribution in [3.63, 3.8) is 0 Å². The maximum atomic E-state index is 13.5. The zero-order valence-electron chi connectivity index (χ0n) is 21.9. The molecule has 0 atom stereocenters. The molecule has 0 unspecified atom stereocenters. The fourth-order valence-corrected chi connectivity index (χ4v) is 8.47. The first-order valence-electron chi connectivity index (χ1n) is 13.4. The first-order valence-corrected chi connectivity index (χ1v) is 14.5. The highest BCUT2D eigenvalue weighted by molar-refractivity contribution is 9.10. The van der Waals surface area contributed by atoms with Crippen molar-refractivity contribution < 1.29 is 28.7 Å². The van der Waals surface area contributed by atoms with E-state index in [4.69, 9.17) is 16.3 Å². The average molecular weight is 628 g/mol. The van der Waals surface area contributed by atoms with Crippen molar-refractivity contribution in [1.29, 1.82) is 0 Å². The number of amides is 4. The van der Waals surface area contributed by atoms with Crippen molar-refractivity contribution in [1.82, 2.24) is 5.32 Å². The second-order valence-corrected chi connectivity index (χ2v) is 12.6. The molecule has 1 heterocycles. The van der Waals surface area contributed by atoms with Crippen molar-refractivity contribution in [3.05, 3.63) is 62.6 Å². The third-order valence-corrected chi connectivity index (χ3v) is 9.64. The van der Waals surface area contributed by atoms with Crippen LogP contribution in [0, 0.1) is 17.8 Å². The van der Waals surface area contributed by atoms with E-state index in [-0.39, 0.29) is 28.4 Å². The number of rotatable bonds is 6. The van der Waals surface area contributed by atoms with Crippen LogP contribution in [0.5, 0.6) is 5.75 Å². The number of nitrogens with zero attached hydrogens (tertiary/aromatic N) is 1. The minimum absolute atomic E-state index is 0.155. The molecule has 208 valence electrons. The van der Waals surface area contributed by atoms with Crippen LogP contribution in [0.2, 0.25) is 5.02 Å². The van der Waals surface area contributed by atoms with Gasteiger partial charge in [0, 0.05) is 0 Å². The van der Waals surface area contributed by atoms with E-state index < -0.39 is 23.8 Å². The zero-order valence-corrected chi connectivity index (χ0v) is 24.2. The molecule has 7 rings (SSSR count). The molecule has 1 aliphatic heterocycles. The smallest absolute Gasteiger partial charge is 0.343 e. The van der Waals surface area contributed by atoms with Gasteiger partial charge >= 0.3 is 12.0 Å². The fourth-order valence-electron chi connectivity index (χ4n) is 7.48. The van der Waals surface area contributed by atoms with Gasteiger partial charge in [0.05, 0.1) is 22.3 Å². The lowest BCUT2D eigenvalue weighted by molar-refractivity contribution is -0.143. The topological polar surface area (TPSA) is 102 Å². The molecule has 2 aromatic rings. The number of halogens is 2. The van der Waals surface area contributed by atoms with Crippen LogP contribution >= 0.6 is 27.5 Å². The van der Waals surface area contributed by atoms with Crippen LogP contribution in [0.15, 0.2) is 46.4 Å². The number of nitrogens with one attached hydrogen (secondary N) is 1. The number of barbiturate groups is 1. The lowest BCUT2D eigenvalue weighted by Crippen LogP contribution is -2.54. The van der Waals surface area contributed by atoms with Crippen LogP contribution in [0.25, 0.3) is 6.08 Å². The molecule has 5 fully saturated rings. The van der Waals surface area contributed by atoms with E-state index in [1.54, 1.807) is 18.2 Å². The second kappa shape index (κ2) is 10.3. The van der Waals surface area contributed by atoms with Gasteiger partial charge in [-0.05, 0) is 119 Å². The number of esters is 1. The van der Waals surface area contributed by atoms with E-state index in [0.717, 1.165) is 22.7 Å². The normalized spacial score (nSPS) is 28.2. The standard InChI is InChI=1S/C30H28BrClN2O6/c1-39-25(35)15-40-26-23(31)10-16(11-24(26)32)9-22-27(36)33-29(38)34(28(22)37)21-4-2-20(3-5-21)30-12-17-6-18(13-30)8-19(7-17)14-30/h2-5,9-11,17-19H,6-8,12-15H2,1H3,(H,33,36,38)/b22-9+. The van der Waals surface area contributed by atoms with Gasteiger partial charge in [0.2, 0.25) is 0 Å². The Morgan fingerprint density at radius 2 is 1.70 bits per heavy atom. The SMILES string of the molecule is COC(=O)COc1c(Cl)cc(/C=C2\C(=O)NC(=O)N(c3ccc(C45CC6CC(CC(C6)C4)C5)cc3)C2=O)cc1Br. The van der Waals surface area contributed by atoms with Crippen LogP contribution in [0.1, 0.15) is 49.7 Å². The van der Waals surface area contributed by atoms with Gasteiger partial charge in [0.15, 0.2) is 12.4 Å². The monoisotopic (exact) mass is 626 g/mol. The molecule has 0 spiro atoms. The number of hydrogen-bond acceptors (Lipinski definition) is 6. The van der Waals surface area contributed by atoms with Crippen LogP contribution in [0.3, 0.4) is 0 Å². The first-order chi connectivity index (χ1) is 19.2. The number of benzene rings is 2. The number of hydrogen-bond donors (Lipinski definition) is 1. The summed E-state index contributed by atoms with van der Waals surface area (Å²) in [5.74, 6) is 0.534. The summed E-state index contributed by atoms with van der Waals surface area (Å²) in [6.45, 7) is -0.338. The fraction of sp³-hybridized carbons (Fsp3) is 0.400. The maximum Gasteiger partial charge on any atom is 0.343 e. The lowest BCUT2D eigenvalue weighted by Gasteiger charge is -2.57. The second-order valence-electron chi connectivity index (χ2n) is 11.4. The van der Waals surface area contributed by atoms with Crippen LogP contribution in [-0.4, -0.2) is 37.5 Å². The Kier molecular flexibility index (Phi) is 6.99. The van der Waals surface area contributed by atoms with E-state index in [9.17, 15) is 19.2 Å². The summed E-state index contributed by atoms with van der Waals surface area (Å²) in [5.41, 5.74) is 2.09. The molecule has 8 nitrogen and oxygen atoms in total. The molecule has 10 heteroatoms. The van der Waals surface area contributed by atoms with E-state index >= 15 is 0 Å². The number of anilines is 1. The summed E-state index contributed by atoms with van der Waals surface area (Å²) in [5, 5.41) is 2.42. The molecule has 0 radical (unpaired) electrons. The summed E-state index contributed by atoms with van der Waals surface area (Å²) in [4.78, 5) is 51.3. The molecule has 5 aliphatic rings. The molecule has 2 aromatic carbocycles. The first kappa shape index (κ1) is 27.0. The maximum absolute atomic E-state index is 13.5. The molecule has 4 amide bonds. The van der Waals surface area contributed by atoms with E-state index in [1.165, 1.54) is 63.3 Å². The van der Waals surface area contributed by atoms with Crippen molar-refractivity contribution in [2.24, 2.45) is 17.8 Å². The highest BCUT2D eigenvalue weighted by Crippen LogP contribution is 2.60. The van der Waals surface area contributed by atoms with Gasteiger partial charge in [-0.3, -0.25) is 14.9 Å². The summed E-state index contributed by atoms with van der Waals surface area (Å²) >= 11 is 9.69. The van der Waals surface area contributed by atoms with Gasteiger partial charge < -0.3 is 9.47 Å². The molecular formula is C30H28BrClN2O6. The number of methoxy groups -OCH3 is 1. The Morgan fingerprint density at radius 3 is 2.27 bits per heavy atom. The summed E-state index contributed by atoms with van der Waals surface area (Å²) in [7, 11) is 1.25. The predicted molar refractivity (Wildman–Crippen MR) is 152 cm³/mol. The van der Waals surface area contributed by atoms with Gasteiger partial charge in [-0.15, -0.1) is 0 Å². The highest BCUT2D eigenvalue weighted by Gasteiger charge is 2.51. The Hall–Kier alpha value is -3.17. The summed E-state index contributed by atoms with van der Waals surface area (Å²) in [6, 6.07) is 10.0. The minimum Gasteiger partial charge on any atom is -0.479 e. The third kappa shape index (κ3) is 4.83. The van der Waals surface area contributed by atoms with Gasteiger partial charge in [0.25, 0.3) is 11.8 Å². The average Bonchev–Trinajstić information content (AvgIpc) is 2.90. The summed E-state index contributed by atoms with van der Waals surface area (Å²) < 4.78 is 10.4. The molecule has 0 aromatic heterocycles. The highest BCUT2D eigenvalue weighted by atomic mass is 79.9. The number of carbonyl (C=O) groups is 4. The Balaban J connectivity index is 1.25. The largest absolute Gasteiger partial charge is 0.479 e. The van der Waals surface area contributed by atoms with Crippen molar-refractivity contribution in [3.8, 4) is 5.75 Å². The van der Waals surface area contributed by atoms with Gasteiger partial charge in [-0.2, -0.15) is 0 Å². The van der Waals surface area contributed by atoms with Crippen molar-refractivity contribution in [2.75, 3.05) is 18.6 Å². The van der Waals surface area contributed by atoms with Crippen molar-refractivity contribution in [2.45, 2.75) is 43.9 Å². The molecule has 4 aliphatic carbocycles. The van der Waals surface area contributed by atoms with Crippen molar-refractivity contribution >= 4 is 63.1 Å². The number of urea groups is 1. The Labute approximate surface area is 245 Å². The zero-order chi connectivity index (χ0) is 28.2. The molecule has 1 saturated heterocycles. The van der Waals surface area contributed by atoms with E-state index in [2.05, 4.69) is 26.0 Å². The summed E-state index contributed by atoms with van der Waals surface area (Å²) in [6.07, 6.45) is 9.08. The van der Waals surface area contributed by atoms with Gasteiger partial charge in [-0.1, -0.05) is 23.7 Å². The lowest BCUT2D eigenvalue weighted by atomic mass is 9.48. The molecule has 40 heavy (non-hydrogen) atoms. The predicted octanol–water partition coefficient (Wildman–Crippen LogP) is 5.79. The number of imide groups is 2. The quantitative estimate of drug-likeness (QED) is 0.247. The Bertz CT molecular complexity index is 1390. The minimum atomic E-state index is -0.797. The third-order valence-electron chi connectivity index (χ3n) is 8.77. The van der Waals surface area contributed by atoms with Gasteiger partial charge in [-0.25, -0.2) is 14.5 Å². The Morgan fingerprint density at radius 1 is 1.07 bits per heavy atom. The van der Waals surface area contributed by atoms with Gasteiger partial charge in [0.1, 0.15) is 5.57 Å². The van der Waals surface area contributed by atoms with Crippen LogP contribution in [0.4, 0.5) is 10.5 Å². The van der Waals surface area contributed by atoms with E-state index in [1.807, 2.05) is 12.1 Å². The molecule has 1 N–H and O–H groups in total. The number of ether oxygens (including phenoxy) is 2. The van der Waals surface area contributed by atoms with Crippen LogP contribution in [-0.2, 0) is 24.5 Å². The molecule has 4 saturated carbocycles.